The number of rotatable bonds is 7. The number of carboxylic acid groups (broad SMARTS) is 1. The van der Waals surface area contributed by atoms with Crippen molar-refractivity contribution >= 4 is 60.7 Å². The number of aliphatic carboxylic acids is 1. The zero-order chi connectivity index (χ0) is 16.3. The van der Waals surface area contributed by atoms with Crippen molar-refractivity contribution in [2.24, 2.45) is 0 Å². The predicted molar refractivity (Wildman–Crippen MR) is 93.3 cm³/mol. The first kappa shape index (κ1) is 17.1. The Morgan fingerprint density at radius 3 is 2.82 bits per heavy atom. The number of ether oxygens (including phenoxy) is 1. The number of carboxylic acids is 1. The molecule has 0 aliphatic rings. The van der Waals surface area contributed by atoms with Crippen molar-refractivity contribution in [1.82, 2.24) is 4.98 Å². The van der Waals surface area contributed by atoms with Crippen molar-refractivity contribution in [3.05, 3.63) is 21.6 Å². The number of aliphatic hydroxyl groups excluding tert-OH is 1. The summed E-state index contributed by atoms with van der Waals surface area (Å²) in [6, 6.07) is 3.67. The summed E-state index contributed by atoms with van der Waals surface area (Å²) in [6.07, 6.45) is 0.618. The normalized spacial score (nSPS) is 12.3. The van der Waals surface area contributed by atoms with E-state index in [0.29, 0.717) is 22.9 Å². The minimum absolute atomic E-state index is 0.282. The summed E-state index contributed by atoms with van der Waals surface area (Å²) in [6.45, 7) is 2.63. The molecular formula is C14H14BrNO4S2. The fourth-order valence-corrected chi connectivity index (χ4v) is 3.67. The average Bonchev–Trinajstić information content (AvgIpc) is 2.83. The number of thiazole rings is 1. The molecule has 22 heavy (non-hydrogen) atoms. The number of benzene rings is 1. The van der Waals surface area contributed by atoms with E-state index in [1.807, 2.05) is 19.1 Å². The highest BCUT2D eigenvalue weighted by molar-refractivity contribution is 9.10. The highest BCUT2D eigenvalue weighted by Gasteiger charge is 2.24. The lowest BCUT2D eigenvalue weighted by molar-refractivity contribution is -0.137. The molecule has 0 aliphatic heterocycles. The third-order valence-electron chi connectivity index (χ3n) is 2.90. The van der Waals surface area contributed by atoms with Crippen molar-refractivity contribution in [3.63, 3.8) is 0 Å². The standard InChI is InChI=1S/C14H14BrNO4S2/c1-2-3-20-10-6-11-9(5-8(10)15)16-13(22-11)7(14(19)21)4-12(17)18/h5-7H,2-4H2,1H3,(H,17,18)(H,19,21). The maximum absolute atomic E-state index is 10.9. The van der Waals surface area contributed by atoms with Crippen LogP contribution in [0.3, 0.4) is 0 Å². The third kappa shape index (κ3) is 3.93. The highest BCUT2D eigenvalue weighted by atomic mass is 79.9. The van der Waals surface area contributed by atoms with E-state index in [1.54, 1.807) is 0 Å². The molecule has 1 aromatic carbocycles. The molecular weight excluding hydrogens is 390 g/mol. The Bertz CT molecular complexity index is 716. The van der Waals surface area contributed by atoms with Gasteiger partial charge in [0.05, 0.1) is 33.6 Å². The van der Waals surface area contributed by atoms with Gasteiger partial charge in [-0.05, 0) is 40.6 Å². The lowest BCUT2D eigenvalue weighted by Gasteiger charge is -2.07. The molecule has 0 saturated carbocycles. The van der Waals surface area contributed by atoms with Crippen LogP contribution < -0.4 is 4.74 Å². The van der Waals surface area contributed by atoms with E-state index in [-0.39, 0.29) is 11.5 Å². The number of halogens is 1. The minimum atomic E-state index is -1.03. The SMILES string of the molecule is CCCOc1cc2sc(C(CC(=O)O)C(O)=S)nc2cc1Br. The maximum atomic E-state index is 10.9. The van der Waals surface area contributed by atoms with E-state index in [0.717, 1.165) is 15.6 Å². The van der Waals surface area contributed by atoms with E-state index in [1.165, 1.54) is 11.3 Å². The summed E-state index contributed by atoms with van der Waals surface area (Å²) < 4.78 is 7.28. The predicted octanol–water partition coefficient (Wildman–Crippen LogP) is 4.29. The molecule has 1 atom stereocenters. The molecule has 0 fully saturated rings. The maximum Gasteiger partial charge on any atom is 0.304 e. The average molecular weight is 404 g/mol. The minimum Gasteiger partial charge on any atom is -0.501 e. The van der Waals surface area contributed by atoms with Gasteiger partial charge >= 0.3 is 5.97 Å². The van der Waals surface area contributed by atoms with Crippen LogP contribution in [-0.4, -0.2) is 32.8 Å². The van der Waals surface area contributed by atoms with Crippen LogP contribution in [0.2, 0.25) is 0 Å². The summed E-state index contributed by atoms with van der Waals surface area (Å²) in [5.41, 5.74) is 0.711. The van der Waals surface area contributed by atoms with Gasteiger partial charge in [0.1, 0.15) is 10.8 Å². The number of thiocarbonyl (C=S) groups is 1. The molecule has 1 aromatic heterocycles. The number of hydrogen-bond acceptors (Lipinski definition) is 5. The molecule has 0 amide bonds. The fraction of sp³-hybridized carbons (Fsp3) is 0.357. The second-order valence-electron chi connectivity index (χ2n) is 4.64. The van der Waals surface area contributed by atoms with Gasteiger partial charge in [-0.2, -0.15) is 0 Å². The molecule has 2 rings (SSSR count). The Kier molecular flexibility index (Phi) is 5.71. The molecule has 2 N–H and O–H groups in total. The van der Waals surface area contributed by atoms with Crippen molar-refractivity contribution in [1.29, 1.82) is 0 Å². The van der Waals surface area contributed by atoms with Crippen molar-refractivity contribution in [2.45, 2.75) is 25.7 Å². The zero-order valence-electron chi connectivity index (χ0n) is 11.7. The Morgan fingerprint density at radius 1 is 1.50 bits per heavy atom. The Hall–Kier alpha value is -1.25. The van der Waals surface area contributed by atoms with Gasteiger partial charge in [0.25, 0.3) is 0 Å². The van der Waals surface area contributed by atoms with Crippen molar-refractivity contribution < 1.29 is 19.7 Å². The first-order valence-corrected chi connectivity index (χ1v) is 8.61. The lowest BCUT2D eigenvalue weighted by atomic mass is 10.1. The van der Waals surface area contributed by atoms with Gasteiger partial charge in [0.15, 0.2) is 5.05 Å². The summed E-state index contributed by atoms with van der Waals surface area (Å²) in [5.74, 6) is -1.09. The van der Waals surface area contributed by atoms with Crippen LogP contribution in [0.4, 0.5) is 0 Å². The molecule has 0 spiro atoms. The van der Waals surface area contributed by atoms with Crippen molar-refractivity contribution in [2.75, 3.05) is 6.61 Å². The largest absolute Gasteiger partial charge is 0.501 e. The third-order valence-corrected chi connectivity index (χ3v) is 4.93. The molecule has 0 aliphatic carbocycles. The Morgan fingerprint density at radius 2 is 2.23 bits per heavy atom. The van der Waals surface area contributed by atoms with Crippen LogP contribution in [0.5, 0.6) is 5.75 Å². The molecule has 118 valence electrons. The van der Waals surface area contributed by atoms with Crippen LogP contribution in [0.25, 0.3) is 10.2 Å². The lowest BCUT2D eigenvalue weighted by Crippen LogP contribution is -2.14. The fourth-order valence-electron chi connectivity index (χ4n) is 1.87. The quantitative estimate of drug-likeness (QED) is 0.671. The van der Waals surface area contributed by atoms with Gasteiger partial charge in [-0.3, -0.25) is 4.79 Å². The van der Waals surface area contributed by atoms with Gasteiger partial charge in [0.2, 0.25) is 0 Å². The molecule has 8 heteroatoms. The summed E-state index contributed by atoms with van der Waals surface area (Å²) in [7, 11) is 0. The van der Waals surface area contributed by atoms with E-state index in [4.69, 9.17) is 22.1 Å². The van der Waals surface area contributed by atoms with Gasteiger partial charge < -0.3 is 14.9 Å². The molecule has 1 heterocycles. The number of hydrogen-bond donors (Lipinski definition) is 2. The van der Waals surface area contributed by atoms with E-state index < -0.39 is 11.9 Å². The number of aliphatic hydroxyl groups is 1. The van der Waals surface area contributed by atoms with E-state index in [2.05, 4.69) is 20.9 Å². The Balaban J connectivity index is 2.40. The van der Waals surface area contributed by atoms with Crippen molar-refractivity contribution in [3.8, 4) is 5.75 Å². The molecule has 5 nitrogen and oxygen atoms in total. The van der Waals surface area contributed by atoms with Gasteiger partial charge in [-0.1, -0.05) is 6.92 Å². The molecule has 1 unspecified atom stereocenters. The number of fused-ring (bicyclic) bond motifs is 1. The van der Waals surface area contributed by atoms with E-state index in [9.17, 15) is 9.90 Å². The molecule has 2 aromatic rings. The summed E-state index contributed by atoms with van der Waals surface area (Å²) in [4.78, 5) is 15.3. The van der Waals surface area contributed by atoms with Crippen LogP contribution in [0.15, 0.2) is 16.6 Å². The van der Waals surface area contributed by atoms with Crippen LogP contribution in [0.1, 0.15) is 30.7 Å². The van der Waals surface area contributed by atoms with E-state index >= 15 is 0 Å². The molecule has 0 saturated heterocycles. The monoisotopic (exact) mass is 403 g/mol. The van der Waals surface area contributed by atoms with Gasteiger partial charge in [-0.15, -0.1) is 11.3 Å². The topological polar surface area (TPSA) is 79.7 Å². The molecule has 0 radical (unpaired) electrons. The summed E-state index contributed by atoms with van der Waals surface area (Å²) in [5, 5.41) is 18.6. The van der Waals surface area contributed by atoms with Gasteiger partial charge in [-0.25, -0.2) is 4.98 Å². The van der Waals surface area contributed by atoms with Crippen LogP contribution >= 0.6 is 39.5 Å². The number of carbonyl (C=O) groups is 1. The van der Waals surface area contributed by atoms with Crippen LogP contribution in [0, 0.1) is 0 Å². The van der Waals surface area contributed by atoms with Crippen LogP contribution in [-0.2, 0) is 4.79 Å². The number of nitrogens with zero attached hydrogens (tertiary/aromatic N) is 1. The Labute approximate surface area is 145 Å². The van der Waals surface area contributed by atoms with Gasteiger partial charge in [0, 0.05) is 6.07 Å². The number of aromatic nitrogens is 1. The zero-order valence-corrected chi connectivity index (χ0v) is 14.9. The highest BCUT2D eigenvalue weighted by Crippen LogP contribution is 2.36. The second-order valence-corrected chi connectivity index (χ2v) is 6.97. The summed E-state index contributed by atoms with van der Waals surface area (Å²) >= 11 is 9.50. The molecule has 0 bridgehead atoms. The first-order valence-electron chi connectivity index (χ1n) is 6.59. The smallest absolute Gasteiger partial charge is 0.304 e. The second kappa shape index (κ2) is 7.34. The first-order chi connectivity index (χ1) is 10.4.